The summed E-state index contributed by atoms with van der Waals surface area (Å²) in [5.41, 5.74) is 0. The highest BCUT2D eigenvalue weighted by atomic mass is 19.4. The van der Waals surface area contributed by atoms with Gasteiger partial charge in [-0.05, 0) is 12.8 Å². The van der Waals surface area contributed by atoms with Crippen LogP contribution in [0.3, 0.4) is 0 Å². The van der Waals surface area contributed by atoms with Crippen molar-refractivity contribution in [3.05, 3.63) is 0 Å². The van der Waals surface area contributed by atoms with Crippen LogP contribution in [0, 0.1) is 0 Å². The molecule has 19 heavy (non-hydrogen) atoms. The van der Waals surface area contributed by atoms with Crippen LogP contribution in [-0.2, 0) is 9.47 Å². The predicted octanol–water partition coefficient (Wildman–Crippen LogP) is 2.26. The third-order valence-electron chi connectivity index (χ3n) is 2.64. The molecule has 1 rings (SSSR count). The van der Waals surface area contributed by atoms with Crippen molar-refractivity contribution in [3.63, 3.8) is 0 Å². The molecule has 0 bridgehead atoms. The van der Waals surface area contributed by atoms with E-state index in [0.717, 1.165) is 0 Å². The Labute approximate surface area is 106 Å². The van der Waals surface area contributed by atoms with Crippen LogP contribution < -0.4 is 5.32 Å². The summed E-state index contributed by atoms with van der Waals surface area (Å²) in [5.74, 6) is 0. The SMILES string of the molecule is FC(F)(F)C(OCCNC1CCOCC1)C(F)(F)F. The molecule has 1 aliphatic heterocycles. The van der Waals surface area contributed by atoms with Gasteiger partial charge in [0.15, 0.2) is 0 Å². The minimum absolute atomic E-state index is 0.0487. The average Bonchev–Trinajstić information content (AvgIpc) is 2.26. The fraction of sp³-hybridized carbons (Fsp3) is 1.00. The second-order valence-electron chi connectivity index (χ2n) is 4.17. The van der Waals surface area contributed by atoms with Crippen molar-refractivity contribution < 1.29 is 35.8 Å². The molecule has 1 heterocycles. The van der Waals surface area contributed by atoms with Crippen molar-refractivity contribution >= 4 is 0 Å². The summed E-state index contributed by atoms with van der Waals surface area (Å²) in [6.45, 7) is 0.354. The Bertz CT molecular complexity index is 248. The van der Waals surface area contributed by atoms with Gasteiger partial charge in [0.1, 0.15) is 0 Å². The molecule has 1 saturated heterocycles. The zero-order valence-electron chi connectivity index (χ0n) is 9.98. The molecule has 0 aromatic carbocycles. The lowest BCUT2D eigenvalue weighted by Crippen LogP contribution is -2.46. The predicted molar refractivity (Wildman–Crippen MR) is 53.7 cm³/mol. The monoisotopic (exact) mass is 295 g/mol. The zero-order valence-corrected chi connectivity index (χ0v) is 9.98. The number of hydrogen-bond donors (Lipinski definition) is 1. The lowest BCUT2D eigenvalue weighted by molar-refractivity contribution is -0.321. The first-order chi connectivity index (χ1) is 8.71. The minimum Gasteiger partial charge on any atom is -0.381 e. The highest BCUT2D eigenvalue weighted by molar-refractivity contribution is 4.76. The molecule has 0 aromatic heterocycles. The van der Waals surface area contributed by atoms with Crippen LogP contribution in [-0.4, -0.2) is 50.9 Å². The van der Waals surface area contributed by atoms with Crippen LogP contribution in [0.25, 0.3) is 0 Å². The van der Waals surface area contributed by atoms with Gasteiger partial charge in [-0.15, -0.1) is 0 Å². The average molecular weight is 295 g/mol. The fourth-order valence-corrected chi connectivity index (χ4v) is 1.72. The largest absolute Gasteiger partial charge is 0.423 e. The van der Waals surface area contributed by atoms with E-state index in [4.69, 9.17) is 4.74 Å². The molecule has 1 N–H and O–H groups in total. The lowest BCUT2D eigenvalue weighted by Gasteiger charge is -2.25. The number of alkyl halides is 6. The van der Waals surface area contributed by atoms with E-state index < -0.39 is 25.1 Å². The summed E-state index contributed by atoms with van der Waals surface area (Å²) in [6, 6.07) is 0.0487. The number of nitrogens with one attached hydrogen (secondary N) is 1. The minimum atomic E-state index is -5.45. The van der Waals surface area contributed by atoms with Gasteiger partial charge in [0.25, 0.3) is 0 Å². The van der Waals surface area contributed by atoms with Gasteiger partial charge >= 0.3 is 12.4 Å². The maximum atomic E-state index is 12.1. The molecule has 3 nitrogen and oxygen atoms in total. The Hall–Kier alpha value is -0.540. The Balaban J connectivity index is 2.28. The number of halogens is 6. The van der Waals surface area contributed by atoms with Crippen LogP contribution in [0.2, 0.25) is 0 Å². The molecule has 114 valence electrons. The van der Waals surface area contributed by atoms with Crippen LogP contribution >= 0.6 is 0 Å². The number of hydrogen-bond acceptors (Lipinski definition) is 3. The second-order valence-corrected chi connectivity index (χ2v) is 4.17. The fourth-order valence-electron chi connectivity index (χ4n) is 1.72. The molecule has 0 aliphatic carbocycles. The highest BCUT2D eigenvalue weighted by Gasteiger charge is 2.57. The third kappa shape index (κ3) is 5.96. The molecule has 0 atom stereocenters. The number of rotatable bonds is 5. The van der Waals surface area contributed by atoms with Gasteiger partial charge in [0.2, 0.25) is 6.10 Å². The van der Waals surface area contributed by atoms with Crippen LogP contribution in [0.1, 0.15) is 12.8 Å². The van der Waals surface area contributed by atoms with Crippen molar-refractivity contribution in [1.82, 2.24) is 5.32 Å². The topological polar surface area (TPSA) is 30.5 Å². The molecule has 0 spiro atoms. The van der Waals surface area contributed by atoms with Crippen molar-refractivity contribution in [2.75, 3.05) is 26.4 Å². The van der Waals surface area contributed by atoms with E-state index in [1.807, 2.05) is 0 Å². The first-order valence-corrected chi connectivity index (χ1v) is 5.77. The standard InChI is InChI=1S/C10H15F6NO2/c11-9(12,13)8(10(14,15)16)19-6-3-17-7-1-4-18-5-2-7/h7-8,17H,1-6H2. The van der Waals surface area contributed by atoms with Gasteiger partial charge in [-0.3, -0.25) is 0 Å². The quantitative estimate of drug-likeness (QED) is 0.623. The summed E-state index contributed by atoms with van der Waals surface area (Å²) in [4.78, 5) is 0. The second kappa shape index (κ2) is 6.76. The van der Waals surface area contributed by atoms with Crippen LogP contribution in [0.5, 0.6) is 0 Å². The summed E-state index contributed by atoms with van der Waals surface area (Å²) in [6.07, 6.45) is -13.3. The van der Waals surface area contributed by atoms with E-state index in [1.165, 1.54) is 0 Å². The van der Waals surface area contributed by atoms with E-state index in [-0.39, 0.29) is 12.6 Å². The van der Waals surface area contributed by atoms with Crippen molar-refractivity contribution in [2.24, 2.45) is 0 Å². The van der Waals surface area contributed by atoms with Gasteiger partial charge in [-0.2, -0.15) is 26.3 Å². The molecular weight excluding hydrogens is 280 g/mol. The molecule has 1 aliphatic rings. The van der Waals surface area contributed by atoms with Crippen molar-refractivity contribution in [3.8, 4) is 0 Å². The molecule has 9 heteroatoms. The summed E-state index contributed by atoms with van der Waals surface area (Å²) < 4.78 is 81.7. The highest BCUT2D eigenvalue weighted by Crippen LogP contribution is 2.35. The van der Waals surface area contributed by atoms with E-state index in [9.17, 15) is 26.3 Å². The van der Waals surface area contributed by atoms with Gasteiger partial charge in [0, 0.05) is 25.8 Å². The summed E-state index contributed by atoms with van der Waals surface area (Å²) in [5, 5.41) is 2.84. The van der Waals surface area contributed by atoms with Gasteiger partial charge < -0.3 is 14.8 Å². The van der Waals surface area contributed by atoms with E-state index in [2.05, 4.69) is 10.1 Å². The van der Waals surface area contributed by atoms with Gasteiger partial charge in [0.05, 0.1) is 6.61 Å². The third-order valence-corrected chi connectivity index (χ3v) is 2.64. The molecule has 0 aromatic rings. The maximum Gasteiger partial charge on any atom is 0.423 e. The van der Waals surface area contributed by atoms with Crippen LogP contribution in [0.4, 0.5) is 26.3 Å². The molecule has 0 unspecified atom stereocenters. The zero-order chi connectivity index (χ0) is 14.5. The van der Waals surface area contributed by atoms with Crippen molar-refractivity contribution in [1.29, 1.82) is 0 Å². The Morgan fingerprint density at radius 3 is 2.05 bits per heavy atom. The Morgan fingerprint density at radius 2 is 1.58 bits per heavy atom. The molecule has 0 saturated carbocycles. The van der Waals surface area contributed by atoms with Gasteiger partial charge in [-0.1, -0.05) is 0 Å². The van der Waals surface area contributed by atoms with Crippen molar-refractivity contribution in [2.45, 2.75) is 37.3 Å². The molecule has 1 fully saturated rings. The van der Waals surface area contributed by atoms with Crippen LogP contribution in [0.15, 0.2) is 0 Å². The first kappa shape index (κ1) is 16.5. The smallest absolute Gasteiger partial charge is 0.381 e. The van der Waals surface area contributed by atoms with E-state index in [1.54, 1.807) is 0 Å². The first-order valence-electron chi connectivity index (χ1n) is 5.77. The maximum absolute atomic E-state index is 12.1. The lowest BCUT2D eigenvalue weighted by atomic mass is 10.1. The Morgan fingerprint density at radius 1 is 1.05 bits per heavy atom. The molecule has 0 radical (unpaired) electrons. The molecular formula is C10H15F6NO2. The Kier molecular flexibility index (Phi) is 5.87. The molecule has 0 amide bonds. The normalized spacial score (nSPS) is 19.1. The summed E-state index contributed by atoms with van der Waals surface area (Å²) >= 11 is 0. The van der Waals surface area contributed by atoms with Gasteiger partial charge in [-0.25, -0.2) is 0 Å². The van der Waals surface area contributed by atoms with E-state index >= 15 is 0 Å². The summed E-state index contributed by atoms with van der Waals surface area (Å²) in [7, 11) is 0. The van der Waals surface area contributed by atoms with E-state index in [0.29, 0.717) is 26.1 Å². The number of ether oxygens (including phenoxy) is 2.